The quantitative estimate of drug-likeness (QED) is 0.899. The zero-order valence-corrected chi connectivity index (χ0v) is 13.2. The highest BCUT2D eigenvalue weighted by atomic mass is 79.9. The van der Waals surface area contributed by atoms with Crippen molar-refractivity contribution in [3.8, 4) is 0 Å². The van der Waals surface area contributed by atoms with Crippen LogP contribution in [-0.2, 0) is 13.1 Å². The molecule has 0 radical (unpaired) electrons. The van der Waals surface area contributed by atoms with Crippen LogP contribution in [-0.4, -0.2) is 18.7 Å². The van der Waals surface area contributed by atoms with Gasteiger partial charge in [0, 0.05) is 44.1 Å². The summed E-state index contributed by atoms with van der Waals surface area (Å²) in [5.74, 6) is 0. The van der Waals surface area contributed by atoms with E-state index < -0.39 is 0 Å². The summed E-state index contributed by atoms with van der Waals surface area (Å²) in [5, 5.41) is 3.50. The topological polar surface area (TPSA) is 20.2 Å². The van der Waals surface area contributed by atoms with Crippen molar-refractivity contribution >= 4 is 27.3 Å². The molecule has 1 heterocycles. The lowest BCUT2D eigenvalue weighted by Gasteiger charge is -2.18. The summed E-state index contributed by atoms with van der Waals surface area (Å²) in [7, 11) is 4.12. The standard InChI is InChI=1S/C15H20BrN3/c1-4-19-8-7-12(11-19)10-17-14-9-13(16)5-6-15(14)18(2)3/h5-9,11,17H,4,10H2,1-3H3. The molecule has 102 valence electrons. The lowest BCUT2D eigenvalue weighted by Crippen LogP contribution is -2.12. The summed E-state index contributed by atoms with van der Waals surface area (Å²) >= 11 is 3.52. The lowest BCUT2D eigenvalue weighted by atomic mass is 10.2. The maximum absolute atomic E-state index is 3.52. The van der Waals surface area contributed by atoms with Gasteiger partial charge in [0.2, 0.25) is 0 Å². The Morgan fingerprint density at radius 1 is 1.26 bits per heavy atom. The highest BCUT2D eigenvalue weighted by molar-refractivity contribution is 9.10. The monoisotopic (exact) mass is 321 g/mol. The largest absolute Gasteiger partial charge is 0.379 e. The van der Waals surface area contributed by atoms with Crippen molar-refractivity contribution in [1.82, 2.24) is 4.57 Å². The Kier molecular flexibility index (Phi) is 4.53. The van der Waals surface area contributed by atoms with Gasteiger partial charge >= 0.3 is 0 Å². The molecule has 0 amide bonds. The fourth-order valence-electron chi connectivity index (χ4n) is 2.03. The average Bonchev–Trinajstić information content (AvgIpc) is 2.84. The highest BCUT2D eigenvalue weighted by Gasteiger charge is 2.05. The van der Waals surface area contributed by atoms with Crippen LogP contribution >= 0.6 is 15.9 Å². The molecule has 0 saturated carbocycles. The number of anilines is 2. The maximum Gasteiger partial charge on any atom is 0.0597 e. The minimum Gasteiger partial charge on any atom is -0.379 e. The Morgan fingerprint density at radius 3 is 2.68 bits per heavy atom. The Labute approximate surface area is 123 Å². The fraction of sp³-hybridized carbons (Fsp3) is 0.333. The predicted octanol–water partition coefficient (Wildman–Crippen LogP) is 3.95. The average molecular weight is 322 g/mol. The molecule has 0 spiro atoms. The number of hydrogen-bond donors (Lipinski definition) is 1. The first-order valence-corrected chi connectivity index (χ1v) is 7.25. The molecule has 0 aliphatic heterocycles. The van der Waals surface area contributed by atoms with Crippen molar-refractivity contribution in [2.45, 2.75) is 20.0 Å². The van der Waals surface area contributed by atoms with E-state index in [1.165, 1.54) is 11.3 Å². The summed E-state index contributed by atoms with van der Waals surface area (Å²) in [5.41, 5.74) is 3.63. The molecule has 1 aromatic carbocycles. The summed E-state index contributed by atoms with van der Waals surface area (Å²) in [4.78, 5) is 2.12. The molecule has 0 fully saturated rings. The summed E-state index contributed by atoms with van der Waals surface area (Å²) in [6, 6.07) is 8.45. The molecule has 0 bridgehead atoms. The number of hydrogen-bond acceptors (Lipinski definition) is 2. The second kappa shape index (κ2) is 6.15. The van der Waals surface area contributed by atoms with Gasteiger partial charge in [0.1, 0.15) is 0 Å². The van der Waals surface area contributed by atoms with E-state index in [9.17, 15) is 0 Å². The van der Waals surface area contributed by atoms with Crippen molar-refractivity contribution in [2.75, 3.05) is 24.3 Å². The lowest BCUT2D eigenvalue weighted by molar-refractivity contribution is 0.766. The minimum atomic E-state index is 0.838. The molecule has 1 N–H and O–H groups in total. The van der Waals surface area contributed by atoms with E-state index in [4.69, 9.17) is 0 Å². The Balaban J connectivity index is 2.12. The molecule has 19 heavy (non-hydrogen) atoms. The van der Waals surface area contributed by atoms with E-state index >= 15 is 0 Å². The van der Waals surface area contributed by atoms with Crippen LogP contribution in [0, 0.1) is 0 Å². The molecule has 0 aliphatic carbocycles. The number of aryl methyl sites for hydroxylation is 1. The number of nitrogens with zero attached hydrogens (tertiary/aromatic N) is 2. The molecule has 2 rings (SSSR count). The zero-order chi connectivity index (χ0) is 13.8. The summed E-state index contributed by atoms with van der Waals surface area (Å²) < 4.78 is 3.27. The third-order valence-corrected chi connectivity index (χ3v) is 3.59. The number of rotatable bonds is 5. The SMILES string of the molecule is CCn1ccc(CNc2cc(Br)ccc2N(C)C)c1. The van der Waals surface area contributed by atoms with E-state index in [-0.39, 0.29) is 0 Å². The van der Waals surface area contributed by atoms with E-state index in [2.05, 4.69) is 88.4 Å². The van der Waals surface area contributed by atoms with Crippen LogP contribution in [0.15, 0.2) is 41.1 Å². The second-order valence-corrected chi connectivity index (χ2v) is 5.68. The molecule has 0 atom stereocenters. The van der Waals surface area contributed by atoms with Gasteiger partial charge in [-0.2, -0.15) is 0 Å². The van der Waals surface area contributed by atoms with E-state index in [1.807, 2.05) is 0 Å². The molecule has 0 aliphatic rings. The smallest absolute Gasteiger partial charge is 0.0597 e. The van der Waals surface area contributed by atoms with Gasteiger partial charge in [0.05, 0.1) is 11.4 Å². The van der Waals surface area contributed by atoms with Crippen molar-refractivity contribution in [1.29, 1.82) is 0 Å². The Morgan fingerprint density at radius 2 is 2.05 bits per heavy atom. The van der Waals surface area contributed by atoms with Crippen molar-refractivity contribution in [3.63, 3.8) is 0 Å². The third-order valence-electron chi connectivity index (χ3n) is 3.10. The van der Waals surface area contributed by atoms with Crippen LogP contribution in [0.2, 0.25) is 0 Å². The number of benzene rings is 1. The molecule has 0 saturated heterocycles. The highest BCUT2D eigenvalue weighted by Crippen LogP contribution is 2.28. The van der Waals surface area contributed by atoms with Gasteiger partial charge in [0.25, 0.3) is 0 Å². The first kappa shape index (κ1) is 14.0. The Hall–Kier alpha value is -1.42. The van der Waals surface area contributed by atoms with Gasteiger partial charge in [-0.3, -0.25) is 0 Å². The van der Waals surface area contributed by atoms with Crippen LogP contribution in [0.25, 0.3) is 0 Å². The van der Waals surface area contributed by atoms with E-state index in [0.717, 1.165) is 23.2 Å². The van der Waals surface area contributed by atoms with Crippen molar-refractivity contribution < 1.29 is 0 Å². The van der Waals surface area contributed by atoms with Crippen LogP contribution in [0.1, 0.15) is 12.5 Å². The van der Waals surface area contributed by atoms with E-state index in [1.54, 1.807) is 0 Å². The molecule has 2 aromatic rings. The minimum absolute atomic E-state index is 0.838. The van der Waals surface area contributed by atoms with Gasteiger partial charge in [-0.05, 0) is 36.8 Å². The van der Waals surface area contributed by atoms with Crippen LogP contribution in [0.3, 0.4) is 0 Å². The fourth-order valence-corrected chi connectivity index (χ4v) is 2.39. The van der Waals surface area contributed by atoms with Crippen LogP contribution in [0.5, 0.6) is 0 Å². The number of nitrogens with one attached hydrogen (secondary N) is 1. The van der Waals surface area contributed by atoms with E-state index in [0.29, 0.717) is 0 Å². The summed E-state index contributed by atoms with van der Waals surface area (Å²) in [6.45, 7) is 4.00. The molecule has 4 heteroatoms. The third kappa shape index (κ3) is 3.53. The predicted molar refractivity (Wildman–Crippen MR) is 85.9 cm³/mol. The van der Waals surface area contributed by atoms with Crippen LogP contribution < -0.4 is 10.2 Å². The second-order valence-electron chi connectivity index (χ2n) is 4.76. The molecule has 1 aromatic heterocycles. The first-order chi connectivity index (χ1) is 9.10. The van der Waals surface area contributed by atoms with Crippen molar-refractivity contribution in [3.05, 3.63) is 46.7 Å². The van der Waals surface area contributed by atoms with Gasteiger partial charge < -0.3 is 14.8 Å². The first-order valence-electron chi connectivity index (χ1n) is 6.45. The number of aromatic nitrogens is 1. The molecule has 3 nitrogen and oxygen atoms in total. The molecular weight excluding hydrogens is 302 g/mol. The molecule has 0 unspecified atom stereocenters. The van der Waals surface area contributed by atoms with Gasteiger partial charge in [-0.25, -0.2) is 0 Å². The molecular formula is C15H20BrN3. The normalized spacial score (nSPS) is 10.5. The number of halogens is 1. The Bertz CT molecular complexity index is 546. The van der Waals surface area contributed by atoms with Crippen molar-refractivity contribution in [2.24, 2.45) is 0 Å². The maximum atomic E-state index is 3.52. The van der Waals surface area contributed by atoms with Gasteiger partial charge in [-0.15, -0.1) is 0 Å². The zero-order valence-electron chi connectivity index (χ0n) is 11.7. The summed E-state index contributed by atoms with van der Waals surface area (Å²) in [6.07, 6.45) is 4.30. The van der Waals surface area contributed by atoms with Crippen LogP contribution in [0.4, 0.5) is 11.4 Å². The van der Waals surface area contributed by atoms with Gasteiger partial charge in [0.15, 0.2) is 0 Å². The van der Waals surface area contributed by atoms with Gasteiger partial charge in [-0.1, -0.05) is 15.9 Å².